The van der Waals surface area contributed by atoms with Crippen LogP contribution < -0.4 is 5.32 Å². The lowest BCUT2D eigenvalue weighted by atomic mass is 9.98. The van der Waals surface area contributed by atoms with Gasteiger partial charge in [-0.3, -0.25) is 14.9 Å². The summed E-state index contributed by atoms with van der Waals surface area (Å²) in [5.41, 5.74) is -0.666. The Labute approximate surface area is 134 Å². The molecule has 0 bridgehead atoms. The molecule has 0 spiro atoms. The van der Waals surface area contributed by atoms with E-state index in [-0.39, 0.29) is 18.0 Å². The molecule has 1 aromatic heterocycles. The number of carbonyl (C=O) groups excluding carboxylic acids is 2. The smallest absolute Gasteiger partial charge is 0.292 e. The molecule has 7 heteroatoms. The summed E-state index contributed by atoms with van der Waals surface area (Å²) >= 11 is 1.35. The van der Waals surface area contributed by atoms with Crippen molar-refractivity contribution in [1.29, 1.82) is 0 Å². The van der Waals surface area contributed by atoms with E-state index in [9.17, 15) is 9.59 Å². The predicted octanol–water partition coefficient (Wildman–Crippen LogP) is 3.03. The minimum Gasteiger partial charge on any atom is -0.481 e. The lowest BCUT2D eigenvalue weighted by Crippen LogP contribution is -2.34. The molecule has 1 unspecified atom stereocenters. The van der Waals surface area contributed by atoms with Crippen molar-refractivity contribution < 1.29 is 14.3 Å². The molecular formula is C15H21N3O3S. The largest absolute Gasteiger partial charge is 0.481 e. The molecule has 1 aliphatic heterocycles. The Balaban J connectivity index is 2.05. The molecule has 1 N–H and O–H groups in total. The fourth-order valence-electron chi connectivity index (χ4n) is 2.29. The van der Waals surface area contributed by atoms with Gasteiger partial charge in [-0.1, -0.05) is 31.6 Å². The Hall–Kier alpha value is -1.76. The monoisotopic (exact) mass is 323 g/mol. The number of aromatic nitrogens is 2. The number of nitrogens with one attached hydrogen (secondary N) is 1. The summed E-state index contributed by atoms with van der Waals surface area (Å²) in [6.45, 7) is 7.76. The van der Waals surface area contributed by atoms with E-state index < -0.39 is 11.5 Å². The van der Waals surface area contributed by atoms with Crippen LogP contribution in [0.3, 0.4) is 0 Å². The number of nitrogens with zero attached hydrogens (tertiary/aromatic N) is 2. The van der Waals surface area contributed by atoms with E-state index in [2.05, 4.69) is 29.4 Å². The highest BCUT2D eigenvalue weighted by Gasteiger charge is 2.32. The predicted molar refractivity (Wildman–Crippen MR) is 84.7 cm³/mol. The molecule has 1 aromatic rings. The van der Waals surface area contributed by atoms with Crippen molar-refractivity contribution in [3.63, 3.8) is 0 Å². The second-order valence-electron chi connectivity index (χ2n) is 6.10. The number of carbonyl (C=O) groups is 2. The first-order valence-corrected chi connectivity index (χ1v) is 8.20. The zero-order chi connectivity index (χ0) is 16.3. The number of rotatable bonds is 5. The van der Waals surface area contributed by atoms with Crippen LogP contribution in [0.25, 0.3) is 0 Å². The maximum atomic E-state index is 12.2. The van der Waals surface area contributed by atoms with Gasteiger partial charge < -0.3 is 4.74 Å². The summed E-state index contributed by atoms with van der Waals surface area (Å²) in [6, 6.07) is 0. The van der Waals surface area contributed by atoms with Crippen LogP contribution in [0, 0.1) is 0 Å². The van der Waals surface area contributed by atoms with Crippen molar-refractivity contribution >= 4 is 28.2 Å². The zero-order valence-corrected chi connectivity index (χ0v) is 14.1. The average molecular weight is 323 g/mol. The van der Waals surface area contributed by atoms with Crippen LogP contribution in [0.4, 0.5) is 5.13 Å². The number of anilines is 1. The molecule has 0 aliphatic carbocycles. The van der Waals surface area contributed by atoms with Gasteiger partial charge in [0.25, 0.3) is 5.91 Å². The molecule has 6 nitrogen and oxygen atoms in total. The number of allylic oxidation sites excluding steroid dienone is 1. The minimum atomic E-state index is -0.666. The Morgan fingerprint density at radius 1 is 1.50 bits per heavy atom. The summed E-state index contributed by atoms with van der Waals surface area (Å²) in [6.07, 6.45) is 3.60. The maximum absolute atomic E-state index is 12.2. The molecule has 2 rings (SSSR count). The molecule has 120 valence electrons. The van der Waals surface area contributed by atoms with Gasteiger partial charge in [0.15, 0.2) is 11.5 Å². The Kier molecular flexibility index (Phi) is 4.95. The van der Waals surface area contributed by atoms with Crippen molar-refractivity contribution in [3.05, 3.63) is 16.8 Å². The van der Waals surface area contributed by atoms with E-state index >= 15 is 0 Å². The van der Waals surface area contributed by atoms with Gasteiger partial charge in [-0.2, -0.15) is 0 Å². The molecule has 0 saturated heterocycles. The lowest BCUT2D eigenvalue weighted by molar-refractivity contribution is -0.128. The van der Waals surface area contributed by atoms with Crippen molar-refractivity contribution in [2.24, 2.45) is 0 Å². The zero-order valence-electron chi connectivity index (χ0n) is 13.3. The normalized spacial score (nSPS) is 18.4. The third-order valence-corrected chi connectivity index (χ3v) is 4.38. The summed E-state index contributed by atoms with van der Waals surface area (Å²) in [4.78, 5) is 23.8. The third-order valence-electron chi connectivity index (χ3n) is 3.31. The topological polar surface area (TPSA) is 81.2 Å². The molecule has 0 saturated carbocycles. The summed E-state index contributed by atoms with van der Waals surface area (Å²) in [7, 11) is 0. The lowest BCUT2D eigenvalue weighted by Gasteiger charge is -2.29. The number of ketones is 1. The van der Waals surface area contributed by atoms with Crippen LogP contribution in [-0.4, -0.2) is 27.5 Å². The van der Waals surface area contributed by atoms with Gasteiger partial charge >= 0.3 is 0 Å². The highest BCUT2D eigenvalue weighted by Crippen LogP contribution is 2.28. The van der Waals surface area contributed by atoms with Gasteiger partial charge in [0.1, 0.15) is 10.6 Å². The molecule has 0 fully saturated rings. The number of amides is 1. The molecule has 0 radical (unpaired) electrons. The van der Waals surface area contributed by atoms with E-state index in [4.69, 9.17) is 4.74 Å². The number of hydrogen-bond acceptors (Lipinski definition) is 6. The Bertz CT molecular complexity index is 607. The molecule has 1 atom stereocenters. The molecule has 22 heavy (non-hydrogen) atoms. The second kappa shape index (κ2) is 6.56. The van der Waals surface area contributed by atoms with Crippen molar-refractivity contribution in [3.8, 4) is 0 Å². The SMILES string of the molecule is CCCC(C)c1nnc(NC(=O)C2=CC(=O)CC(C)(C)O2)s1. The minimum absolute atomic E-state index is 0.0274. The van der Waals surface area contributed by atoms with E-state index in [0.717, 1.165) is 17.8 Å². The standard InChI is InChI=1S/C15H21N3O3S/c1-5-6-9(2)13-17-18-14(22-13)16-12(20)11-7-10(19)8-15(3,4)21-11/h7,9H,5-6,8H2,1-4H3,(H,16,18,20). The summed E-state index contributed by atoms with van der Waals surface area (Å²) in [5, 5.41) is 12.0. The Morgan fingerprint density at radius 3 is 2.86 bits per heavy atom. The molecular weight excluding hydrogens is 302 g/mol. The van der Waals surface area contributed by atoms with Gasteiger partial charge in [0, 0.05) is 18.4 Å². The summed E-state index contributed by atoms with van der Waals surface area (Å²) in [5.74, 6) is -0.235. The van der Waals surface area contributed by atoms with E-state index in [1.165, 1.54) is 17.4 Å². The van der Waals surface area contributed by atoms with E-state index in [1.807, 2.05) is 0 Å². The van der Waals surface area contributed by atoms with Gasteiger partial charge in [-0.25, -0.2) is 0 Å². The van der Waals surface area contributed by atoms with Gasteiger partial charge in [0.2, 0.25) is 5.13 Å². The van der Waals surface area contributed by atoms with Crippen LogP contribution >= 0.6 is 11.3 Å². The van der Waals surface area contributed by atoms with Gasteiger partial charge in [-0.15, -0.1) is 10.2 Å². The highest BCUT2D eigenvalue weighted by atomic mass is 32.1. The number of ether oxygens (including phenoxy) is 1. The first kappa shape index (κ1) is 16.6. The molecule has 1 amide bonds. The first-order chi connectivity index (χ1) is 10.3. The molecule has 2 heterocycles. The van der Waals surface area contributed by atoms with Crippen LogP contribution in [0.5, 0.6) is 0 Å². The van der Waals surface area contributed by atoms with Crippen molar-refractivity contribution in [2.75, 3.05) is 5.32 Å². The Morgan fingerprint density at radius 2 is 2.23 bits per heavy atom. The van der Waals surface area contributed by atoms with Crippen LogP contribution in [-0.2, 0) is 14.3 Å². The van der Waals surface area contributed by atoms with Crippen molar-refractivity contribution in [1.82, 2.24) is 10.2 Å². The van der Waals surface area contributed by atoms with Gasteiger partial charge in [0.05, 0.1) is 0 Å². The second-order valence-corrected chi connectivity index (χ2v) is 7.11. The third kappa shape index (κ3) is 4.13. The average Bonchev–Trinajstić information content (AvgIpc) is 2.85. The number of hydrogen-bond donors (Lipinski definition) is 1. The molecule has 0 aromatic carbocycles. The fraction of sp³-hybridized carbons (Fsp3) is 0.600. The van der Waals surface area contributed by atoms with Gasteiger partial charge in [-0.05, 0) is 20.3 Å². The fourth-order valence-corrected chi connectivity index (χ4v) is 3.12. The van der Waals surface area contributed by atoms with E-state index in [0.29, 0.717) is 11.0 Å². The van der Waals surface area contributed by atoms with Crippen molar-refractivity contribution in [2.45, 2.75) is 58.5 Å². The van der Waals surface area contributed by atoms with Crippen LogP contribution in [0.15, 0.2) is 11.8 Å². The first-order valence-electron chi connectivity index (χ1n) is 7.39. The molecule has 1 aliphatic rings. The van der Waals surface area contributed by atoms with E-state index in [1.54, 1.807) is 13.8 Å². The summed E-state index contributed by atoms with van der Waals surface area (Å²) < 4.78 is 5.56. The maximum Gasteiger partial charge on any atom is 0.292 e. The quantitative estimate of drug-likeness (QED) is 0.900. The van der Waals surface area contributed by atoms with Crippen LogP contribution in [0.1, 0.15) is 57.9 Å². The highest BCUT2D eigenvalue weighted by molar-refractivity contribution is 7.15. The van der Waals surface area contributed by atoms with Crippen LogP contribution in [0.2, 0.25) is 0 Å².